The molecule has 1 unspecified atom stereocenters. The Labute approximate surface area is 118 Å². The predicted molar refractivity (Wildman–Crippen MR) is 77.8 cm³/mol. The van der Waals surface area contributed by atoms with Crippen LogP contribution in [0.5, 0.6) is 5.75 Å². The first-order valence-electron chi connectivity index (χ1n) is 6.84. The number of nitrogens with two attached hydrogens (primary N) is 1. The number of hydrogen-bond donors (Lipinski definition) is 2. The molecular formula is C17H17NO2. The molecular weight excluding hydrogens is 250 g/mol. The number of phenols is 1. The highest BCUT2D eigenvalue weighted by atomic mass is 16.3. The minimum atomic E-state index is -0.597. The SMILES string of the molecule is NC(=O)c1ccc(CC2CCc3ccccc32)cc1O. The van der Waals surface area contributed by atoms with Crippen molar-refractivity contribution in [1.29, 1.82) is 0 Å². The summed E-state index contributed by atoms with van der Waals surface area (Å²) in [6, 6.07) is 13.7. The molecule has 1 atom stereocenters. The average molecular weight is 267 g/mol. The zero-order valence-corrected chi connectivity index (χ0v) is 11.2. The van der Waals surface area contributed by atoms with Crippen LogP contribution in [-0.4, -0.2) is 11.0 Å². The fourth-order valence-corrected chi connectivity index (χ4v) is 3.05. The van der Waals surface area contributed by atoms with Gasteiger partial charge in [-0.2, -0.15) is 0 Å². The van der Waals surface area contributed by atoms with Gasteiger partial charge in [0.2, 0.25) is 0 Å². The highest BCUT2D eigenvalue weighted by Crippen LogP contribution is 2.35. The number of carbonyl (C=O) groups is 1. The van der Waals surface area contributed by atoms with Gasteiger partial charge < -0.3 is 10.8 Å². The molecule has 0 heterocycles. The summed E-state index contributed by atoms with van der Waals surface area (Å²) in [6.07, 6.45) is 3.13. The van der Waals surface area contributed by atoms with Crippen LogP contribution in [-0.2, 0) is 12.8 Å². The van der Waals surface area contributed by atoms with Gasteiger partial charge >= 0.3 is 0 Å². The maximum atomic E-state index is 11.1. The van der Waals surface area contributed by atoms with Crippen molar-refractivity contribution in [3.63, 3.8) is 0 Å². The Balaban J connectivity index is 1.83. The molecule has 0 spiro atoms. The molecule has 1 amide bonds. The number of fused-ring (bicyclic) bond motifs is 1. The van der Waals surface area contributed by atoms with Crippen molar-refractivity contribution in [3.8, 4) is 5.75 Å². The molecule has 3 heteroatoms. The lowest BCUT2D eigenvalue weighted by Gasteiger charge is -2.12. The molecule has 0 aromatic heterocycles. The van der Waals surface area contributed by atoms with E-state index in [4.69, 9.17) is 5.73 Å². The average Bonchev–Trinajstić information content (AvgIpc) is 2.82. The van der Waals surface area contributed by atoms with Gasteiger partial charge in [-0.1, -0.05) is 30.3 Å². The van der Waals surface area contributed by atoms with Crippen LogP contribution in [0.2, 0.25) is 0 Å². The van der Waals surface area contributed by atoms with Gasteiger partial charge in [-0.25, -0.2) is 0 Å². The fourth-order valence-electron chi connectivity index (χ4n) is 3.05. The Morgan fingerprint density at radius 1 is 1.25 bits per heavy atom. The molecule has 102 valence electrons. The smallest absolute Gasteiger partial charge is 0.252 e. The maximum absolute atomic E-state index is 11.1. The molecule has 0 fully saturated rings. The molecule has 20 heavy (non-hydrogen) atoms. The van der Waals surface area contributed by atoms with E-state index in [9.17, 15) is 9.90 Å². The molecule has 0 bridgehead atoms. The van der Waals surface area contributed by atoms with Gasteiger partial charge in [0, 0.05) is 0 Å². The molecule has 3 N–H and O–H groups in total. The Hall–Kier alpha value is -2.29. The molecule has 1 aliphatic carbocycles. The van der Waals surface area contributed by atoms with E-state index >= 15 is 0 Å². The van der Waals surface area contributed by atoms with E-state index < -0.39 is 5.91 Å². The number of benzene rings is 2. The number of rotatable bonds is 3. The summed E-state index contributed by atoms with van der Waals surface area (Å²) in [5.74, 6) is -0.133. The van der Waals surface area contributed by atoms with E-state index in [1.54, 1.807) is 12.1 Å². The van der Waals surface area contributed by atoms with Crippen LogP contribution >= 0.6 is 0 Å². The second-order valence-corrected chi connectivity index (χ2v) is 5.35. The summed E-state index contributed by atoms with van der Waals surface area (Å²) in [5, 5.41) is 9.83. The molecule has 1 aliphatic rings. The first-order chi connectivity index (χ1) is 9.65. The zero-order valence-electron chi connectivity index (χ0n) is 11.2. The van der Waals surface area contributed by atoms with Crippen molar-refractivity contribution in [1.82, 2.24) is 0 Å². The molecule has 2 aromatic carbocycles. The van der Waals surface area contributed by atoms with Gasteiger partial charge in [0.05, 0.1) is 5.56 Å². The summed E-state index contributed by atoms with van der Waals surface area (Å²) >= 11 is 0. The number of aryl methyl sites for hydroxylation is 1. The van der Waals surface area contributed by atoms with Crippen LogP contribution < -0.4 is 5.73 Å². The first-order valence-corrected chi connectivity index (χ1v) is 6.84. The highest BCUT2D eigenvalue weighted by Gasteiger charge is 2.22. The van der Waals surface area contributed by atoms with E-state index in [0.717, 1.165) is 24.8 Å². The minimum Gasteiger partial charge on any atom is -0.507 e. The summed E-state index contributed by atoms with van der Waals surface area (Å²) in [5.41, 5.74) is 9.24. The van der Waals surface area contributed by atoms with Crippen molar-refractivity contribution in [2.24, 2.45) is 5.73 Å². The summed E-state index contributed by atoms with van der Waals surface area (Å²) in [7, 11) is 0. The van der Waals surface area contributed by atoms with Gasteiger partial charge in [0.1, 0.15) is 5.75 Å². The lowest BCUT2D eigenvalue weighted by molar-refractivity contribution is 0.0998. The Bertz CT molecular complexity index is 664. The van der Waals surface area contributed by atoms with Gasteiger partial charge in [-0.3, -0.25) is 4.79 Å². The normalized spacial score (nSPS) is 16.9. The largest absolute Gasteiger partial charge is 0.507 e. The Kier molecular flexibility index (Phi) is 3.18. The van der Waals surface area contributed by atoms with E-state index in [0.29, 0.717) is 5.92 Å². The van der Waals surface area contributed by atoms with E-state index in [1.807, 2.05) is 6.07 Å². The third kappa shape index (κ3) is 2.27. The molecule has 0 saturated heterocycles. The summed E-state index contributed by atoms with van der Waals surface area (Å²) in [4.78, 5) is 11.1. The van der Waals surface area contributed by atoms with E-state index in [-0.39, 0.29) is 11.3 Å². The van der Waals surface area contributed by atoms with Crippen LogP contribution in [0.1, 0.15) is 39.4 Å². The van der Waals surface area contributed by atoms with Crippen molar-refractivity contribution < 1.29 is 9.90 Å². The maximum Gasteiger partial charge on any atom is 0.252 e. The topological polar surface area (TPSA) is 63.3 Å². The molecule has 2 aromatic rings. The monoisotopic (exact) mass is 267 g/mol. The standard InChI is InChI=1S/C17H17NO2/c18-17(20)15-8-5-11(10-16(15)19)9-13-7-6-12-3-1-2-4-14(12)13/h1-5,8,10,13,19H,6-7,9H2,(H2,18,20). The van der Waals surface area contributed by atoms with E-state index in [2.05, 4.69) is 24.3 Å². The number of aromatic hydroxyl groups is 1. The van der Waals surface area contributed by atoms with Crippen LogP contribution in [0.4, 0.5) is 0 Å². The van der Waals surface area contributed by atoms with Gasteiger partial charge in [0.15, 0.2) is 0 Å². The van der Waals surface area contributed by atoms with Crippen LogP contribution in [0.15, 0.2) is 42.5 Å². The summed E-state index contributed by atoms with van der Waals surface area (Å²) < 4.78 is 0. The second kappa shape index (κ2) is 5.00. The highest BCUT2D eigenvalue weighted by molar-refractivity contribution is 5.95. The number of hydrogen-bond acceptors (Lipinski definition) is 2. The lowest BCUT2D eigenvalue weighted by Crippen LogP contribution is -2.11. The van der Waals surface area contributed by atoms with Crippen LogP contribution in [0.25, 0.3) is 0 Å². The number of amides is 1. The number of carbonyl (C=O) groups excluding carboxylic acids is 1. The quantitative estimate of drug-likeness (QED) is 0.898. The van der Waals surface area contributed by atoms with E-state index in [1.165, 1.54) is 11.1 Å². The minimum absolute atomic E-state index is 0.0266. The molecule has 0 aliphatic heterocycles. The molecule has 3 nitrogen and oxygen atoms in total. The first kappa shape index (κ1) is 12.7. The van der Waals surface area contributed by atoms with Gasteiger partial charge in [0.25, 0.3) is 5.91 Å². The van der Waals surface area contributed by atoms with Crippen LogP contribution in [0, 0.1) is 0 Å². The molecule has 0 radical (unpaired) electrons. The van der Waals surface area contributed by atoms with Crippen LogP contribution in [0.3, 0.4) is 0 Å². The Morgan fingerprint density at radius 2 is 2.05 bits per heavy atom. The third-order valence-corrected chi connectivity index (χ3v) is 4.07. The molecule has 3 rings (SSSR count). The van der Waals surface area contributed by atoms with Crippen molar-refractivity contribution >= 4 is 5.91 Å². The van der Waals surface area contributed by atoms with Crippen molar-refractivity contribution in [2.75, 3.05) is 0 Å². The molecule has 0 saturated carbocycles. The summed E-state index contributed by atoms with van der Waals surface area (Å²) in [6.45, 7) is 0. The van der Waals surface area contributed by atoms with Crippen molar-refractivity contribution in [3.05, 3.63) is 64.7 Å². The predicted octanol–water partition coefficient (Wildman–Crippen LogP) is 2.76. The lowest BCUT2D eigenvalue weighted by atomic mass is 9.93. The fraction of sp³-hybridized carbons (Fsp3) is 0.235. The van der Waals surface area contributed by atoms with Gasteiger partial charge in [-0.05, 0) is 54.0 Å². The zero-order chi connectivity index (χ0) is 14.1. The second-order valence-electron chi connectivity index (χ2n) is 5.35. The number of primary amides is 1. The van der Waals surface area contributed by atoms with Gasteiger partial charge in [-0.15, -0.1) is 0 Å². The Morgan fingerprint density at radius 3 is 2.80 bits per heavy atom. The van der Waals surface area contributed by atoms with Crippen molar-refractivity contribution in [2.45, 2.75) is 25.2 Å². The third-order valence-electron chi connectivity index (χ3n) is 4.07.